The predicted octanol–water partition coefficient (Wildman–Crippen LogP) is -4.74. The van der Waals surface area contributed by atoms with Crippen LogP contribution in [-0.2, 0) is 15.4 Å². The van der Waals surface area contributed by atoms with E-state index < -0.39 is 42.4 Å². The van der Waals surface area contributed by atoms with Gasteiger partial charge in [-0.05, 0) is 34.7 Å². The van der Waals surface area contributed by atoms with Crippen molar-refractivity contribution in [1.29, 1.82) is 0 Å². The highest BCUT2D eigenvalue weighted by Gasteiger charge is 2.31. The lowest BCUT2D eigenvalue weighted by Gasteiger charge is -2.37. The van der Waals surface area contributed by atoms with Crippen molar-refractivity contribution in [3.05, 3.63) is 47.9 Å². The lowest BCUT2D eigenvalue weighted by atomic mass is 9.45. The number of hydrogen-bond donors (Lipinski definition) is 1. The zero-order valence-corrected chi connectivity index (χ0v) is 18.0. The second-order valence-electron chi connectivity index (χ2n) is 7.36. The predicted molar refractivity (Wildman–Crippen MR) is 135 cm³/mol. The first kappa shape index (κ1) is 25.7. The molecule has 3 rings (SSSR count). The molecule has 0 aliphatic carbocycles. The van der Waals surface area contributed by atoms with E-state index in [0.717, 1.165) is 12.3 Å². The van der Waals surface area contributed by atoms with Crippen molar-refractivity contribution in [1.82, 2.24) is 14.3 Å². The van der Waals surface area contributed by atoms with Gasteiger partial charge in [-0.2, -0.15) is 0 Å². The van der Waals surface area contributed by atoms with Crippen molar-refractivity contribution in [3.8, 4) is 11.3 Å². The molecule has 2 aromatic heterocycles. The number of nitrogens with one attached hydrogen (secondary N) is 1. The molecule has 142 valence electrons. The van der Waals surface area contributed by atoms with Crippen LogP contribution in [0.5, 0.6) is 0 Å². The molecule has 1 aromatic carbocycles. The van der Waals surface area contributed by atoms with Crippen molar-refractivity contribution in [2.45, 2.75) is 15.5 Å². The summed E-state index contributed by atoms with van der Waals surface area (Å²) in [5, 5.41) is -1.74. The second kappa shape index (κ2) is 8.69. The highest BCUT2D eigenvalue weighted by Crippen LogP contribution is 2.31. The largest absolute Gasteiger partial charge is 0.343 e. The topological polar surface area (TPSA) is 64.0 Å². The lowest BCUT2D eigenvalue weighted by molar-refractivity contribution is 0.588. The van der Waals surface area contributed by atoms with Gasteiger partial charge in [-0.15, -0.1) is 0 Å². The van der Waals surface area contributed by atoms with Crippen molar-refractivity contribution in [3.63, 3.8) is 0 Å². The average Bonchev–Trinajstić information content (AvgIpc) is 3.11. The molecule has 0 aliphatic heterocycles. The van der Waals surface area contributed by atoms with Crippen LogP contribution in [0.3, 0.4) is 0 Å². The molecule has 0 aliphatic rings. The maximum atomic E-state index is 14.7. The summed E-state index contributed by atoms with van der Waals surface area (Å²) in [6.07, 6.45) is 1.00. The molecule has 0 saturated carbocycles. The summed E-state index contributed by atoms with van der Waals surface area (Å²) in [5.41, 5.74) is -1.90. The molecule has 1 N–H and O–H groups in total. The fourth-order valence-corrected chi connectivity index (χ4v) is 4.73. The van der Waals surface area contributed by atoms with Gasteiger partial charge in [0.15, 0.2) is 0 Å². The maximum Gasteiger partial charge on any atom is 0.268 e. The summed E-state index contributed by atoms with van der Waals surface area (Å²) in [5.74, 6) is -0.743. The Morgan fingerprint density at radius 1 is 0.939 bits per heavy atom. The minimum atomic E-state index is -4.65. The van der Waals surface area contributed by atoms with Crippen LogP contribution in [0.15, 0.2) is 41.4 Å². The smallest absolute Gasteiger partial charge is 0.268 e. The molecule has 33 heavy (non-hydrogen) atoms. The van der Waals surface area contributed by atoms with Crippen molar-refractivity contribution in [2.24, 2.45) is 0 Å². The van der Waals surface area contributed by atoms with Gasteiger partial charge in [0, 0.05) is 17.4 Å². The molecule has 0 bridgehead atoms. The first-order valence-corrected chi connectivity index (χ1v) is 10.6. The number of benzene rings is 1. The molecular formula is C17H7B9FN3O2S. The van der Waals surface area contributed by atoms with E-state index in [4.69, 9.17) is 70.6 Å². The van der Waals surface area contributed by atoms with Crippen molar-refractivity contribution < 1.29 is 12.8 Å². The van der Waals surface area contributed by atoms with Gasteiger partial charge in [0.05, 0.1) is 49.8 Å². The molecule has 18 radical (unpaired) electrons. The Balaban J connectivity index is 2.35. The molecule has 0 saturated heterocycles. The Bertz CT molecular complexity index is 1340. The standard InChI is InChI=1S/C17H7B9FN3O2S/c18-11-12(19)14(20)28-15(21)13(11)33(31,32)30-6-7(16(22,23)29-17(24,25)26)5-10(30)8-3-1-2-4-9(8)27/h1-6,29H. The van der Waals surface area contributed by atoms with E-state index >= 15 is 0 Å². The Hall–Kier alpha value is -1.93. The third-order valence-corrected chi connectivity index (χ3v) is 6.40. The van der Waals surface area contributed by atoms with Crippen LogP contribution in [0, 0.1) is 5.82 Å². The first-order valence-electron chi connectivity index (χ1n) is 9.13. The van der Waals surface area contributed by atoms with Gasteiger partial charge < -0.3 is 5.32 Å². The quantitative estimate of drug-likeness (QED) is 0.397. The van der Waals surface area contributed by atoms with E-state index in [1.807, 2.05) is 0 Å². The molecule has 0 spiro atoms. The third kappa shape index (κ3) is 4.97. The number of rotatable bonds is 6. The molecule has 3 aromatic rings. The highest BCUT2D eigenvalue weighted by molar-refractivity contribution is 7.90. The van der Waals surface area contributed by atoms with Crippen molar-refractivity contribution >= 4 is 103 Å². The zero-order chi connectivity index (χ0) is 24.9. The van der Waals surface area contributed by atoms with Crippen LogP contribution in [0.4, 0.5) is 4.39 Å². The fourth-order valence-electron chi connectivity index (χ4n) is 3.17. The van der Waals surface area contributed by atoms with Crippen LogP contribution in [0.2, 0.25) is 0 Å². The third-order valence-electron chi connectivity index (χ3n) is 4.64. The summed E-state index contributed by atoms with van der Waals surface area (Å²) in [7, 11) is 47.0. The average molecular weight is 434 g/mol. The molecule has 16 heteroatoms. The van der Waals surface area contributed by atoms with Gasteiger partial charge in [0.2, 0.25) is 0 Å². The normalized spacial score (nSPS) is 12.6. The molecule has 2 heterocycles. The van der Waals surface area contributed by atoms with E-state index in [1.54, 1.807) is 0 Å². The van der Waals surface area contributed by atoms with Gasteiger partial charge in [-0.25, -0.2) is 16.8 Å². The monoisotopic (exact) mass is 435 g/mol. The first-order chi connectivity index (χ1) is 15.1. The van der Waals surface area contributed by atoms with E-state index in [9.17, 15) is 12.8 Å². The van der Waals surface area contributed by atoms with Crippen LogP contribution in [0.25, 0.3) is 11.3 Å². The van der Waals surface area contributed by atoms with Gasteiger partial charge >= 0.3 is 0 Å². The van der Waals surface area contributed by atoms with Gasteiger partial charge in [0.1, 0.15) is 37.2 Å². The minimum Gasteiger partial charge on any atom is -0.343 e. The van der Waals surface area contributed by atoms with Crippen LogP contribution < -0.4 is 27.4 Å². The van der Waals surface area contributed by atoms with Crippen LogP contribution in [0.1, 0.15) is 5.56 Å². The molecular weight excluding hydrogens is 427 g/mol. The Morgan fingerprint density at radius 3 is 2.12 bits per heavy atom. The molecule has 0 atom stereocenters. The summed E-state index contributed by atoms with van der Waals surface area (Å²) >= 11 is 0. The highest BCUT2D eigenvalue weighted by atomic mass is 32.2. The maximum absolute atomic E-state index is 14.7. The number of hydrogen-bond acceptors (Lipinski definition) is 4. The van der Waals surface area contributed by atoms with E-state index in [1.165, 1.54) is 24.3 Å². The van der Waals surface area contributed by atoms with Gasteiger partial charge in [-0.1, -0.05) is 28.3 Å². The summed E-state index contributed by atoms with van der Waals surface area (Å²) in [6, 6.07) is 6.59. The number of pyridine rings is 1. The van der Waals surface area contributed by atoms with E-state index in [0.29, 0.717) is 3.97 Å². The lowest BCUT2D eigenvalue weighted by Crippen LogP contribution is -2.58. The summed E-state index contributed by atoms with van der Waals surface area (Å²) < 4.78 is 42.6. The van der Waals surface area contributed by atoms with Gasteiger partial charge in [0.25, 0.3) is 10.0 Å². The second-order valence-corrected chi connectivity index (χ2v) is 9.11. The number of nitrogens with zero attached hydrogens (tertiary/aromatic N) is 2. The molecule has 0 fully saturated rings. The summed E-state index contributed by atoms with van der Waals surface area (Å²) in [4.78, 5) is 3.08. The zero-order valence-electron chi connectivity index (χ0n) is 17.2. The van der Waals surface area contributed by atoms with E-state index in [-0.39, 0.29) is 27.9 Å². The summed E-state index contributed by atoms with van der Waals surface area (Å²) in [6.45, 7) is 0. The van der Waals surface area contributed by atoms with Crippen LogP contribution in [-0.4, -0.2) is 93.2 Å². The van der Waals surface area contributed by atoms with Crippen molar-refractivity contribution in [2.75, 3.05) is 0 Å². The molecule has 0 amide bonds. The fraction of sp³-hybridized carbons (Fsp3) is 0.118. The molecule has 0 unspecified atom stereocenters. The number of aromatic nitrogens is 2. The molecule has 5 nitrogen and oxygen atoms in total. The van der Waals surface area contributed by atoms with E-state index in [2.05, 4.69) is 10.3 Å². The Labute approximate surface area is 204 Å². The van der Waals surface area contributed by atoms with Crippen LogP contribution >= 0.6 is 0 Å². The SMILES string of the molecule is [B]c1nc([B])c(S(=O)(=O)n2cc(C([B])([B])NC([B])([B])[B])cc2-c2ccccc2F)c([B])c1[B]. The Kier molecular flexibility index (Phi) is 6.77. The van der Waals surface area contributed by atoms with Gasteiger partial charge in [-0.3, -0.25) is 4.98 Å². The minimum absolute atomic E-state index is 0.0800. The Morgan fingerprint density at radius 2 is 1.55 bits per heavy atom. The number of halogens is 1.